The summed E-state index contributed by atoms with van der Waals surface area (Å²) >= 11 is 0. The van der Waals surface area contributed by atoms with Crippen molar-refractivity contribution < 1.29 is 0 Å². The zero-order valence-electron chi connectivity index (χ0n) is 13.5. The number of benzene rings is 2. The molecule has 0 amide bonds. The van der Waals surface area contributed by atoms with E-state index in [1.807, 2.05) is 0 Å². The highest BCUT2D eigenvalue weighted by Gasteiger charge is 2.17. The minimum absolute atomic E-state index is 0.404. The summed E-state index contributed by atoms with van der Waals surface area (Å²) < 4.78 is 0. The van der Waals surface area contributed by atoms with Crippen molar-refractivity contribution in [3.05, 3.63) is 48.0 Å². The lowest BCUT2D eigenvalue weighted by atomic mass is 9.99. The zero-order chi connectivity index (χ0) is 15.1. The largest absolute Gasteiger partial charge is 0.315 e. The van der Waals surface area contributed by atoms with Crippen molar-refractivity contribution in [2.75, 3.05) is 13.1 Å². The Labute approximate surface area is 128 Å². The molecule has 0 saturated carbocycles. The Morgan fingerprint density at radius 2 is 1.86 bits per heavy atom. The van der Waals surface area contributed by atoms with Gasteiger partial charge in [-0.25, -0.2) is 0 Å². The van der Waals surface area contributed by atoms with E-state index in [9.17, 15) is 0 Å². The fourth-order valence-corrected chi connectivity index (χ4v) is 2.87. The summed E-state index contributed by atoms with van der Waals surface area (Å²) in [6.45, 7) is 8.75. The summed E-state index contributed by atoms with van der Waals surface area (Å²) in [5.41, 5.74) is 1.40. The van der Waals surface area contributed by atoms with Gasteiger partial charge in [0.2, 0.25) is 0 Å². The number of hydrogen-bond donors (Lipinski definition) is 2. The maximum atomic E-state index is 3.72. The van der Waals surface area contributed by atoms with Crippen LogP contribution in [0.25, 0.3) is 10.8 Å². The molecule has 2 heteroatoms. The van der Waals surface area contributed by atoms with Gasteiger partial charge in [0, 0.05) is 18.6 Å². The maximum Gasteiger partial charge on any atom is 0.0301 e. The van der Waals surface area contributed by atoms with Crippen LogP contribution in [0.2, 0.25) is 0 Å². The first kappa shape index (κ1) is 16.0. The van der Waals surface area contributed by atoms with E-state index in [2.05, 4.69) is 73.9 Å². The van der Waals surface area contributed by atoms with Gasteiger partial charge in [-0.2, -0.15) is 0 Å². The molecule has 2 aromatic carbocycles. The Balaban J connectivity index is 0.000000497. The van der Waals surface area contributed by atoms with E-state index in [1.54, 1.807) is 0 Å². The van der Waals surface area contributed by atoms with Gasteiger partial charge < -0.3 is 10.6 Å². The third kappa shape index (κ3) is 4.29. The normalized spacial score (nSPS) is 19.1. The fraction of sp³-hybridized carbons (Fsp3) is 0.474. The average Bonchev–Trinajstić information content (AvgIpc) is 3.00. The Bertz CT molecular complexity index is 539. The highest BCUT2D eigenvalue weighted by molar-refractivity contribution is 5.86. The summed E-state index contributed by atoms with van der Waals surface area (Å²) in [5, 5.41) is 9.82. The first-order chi connectivity index (χ1) is 10.3. The minimum Gasteiger partial charge on any atom is -0.315 e. The number of rotatable bonds is 3. The van der Waals surface area contributed by atoms with Crippen LogP contribution in [0.15, 0.2) is 42.5 Å². The molecule has 0 radical (unpaired) electrons. The molecule has 0 aromatic heterocycles. The molecule has 1 heterocycles. The predicted octanol–water partition coefficient (Wildman–Crippen LogP) is 4.27. The van der Waals surface area contributed by atoms with Crippen LogP contribution >= 0.6 is 0 Å². The molecule has 0 bridgehead atoms. The fourth-order valence-electron chi connectivity index (χ4n) is 2.87. The summed E-state index contributed by atoms with van der Waals surface area (Å²) in [6.07, 6.45) is 2.48. The molecule has 21 heavy (non-hydrogen) atoms. The van der Waals surface area contributed by atoms with E-state index in [0.29, 0.717) is 12.1 Å². The van der Waals surface area contributed by atoms with Gasteiger partial charge in [-0.15, -0.1) is 0 Å². The third-order valence-electron chi connectivity index (χ3n) is 3.84. The highest BCUT2D eigenvalue weighted by Crippen LogP contribution is 2.24. The van der Waals surface area contributed by atoms with Crippen LogP contribution in [0.5, 0.6) is 0 Å². The van der Waals surface area contributed by atoms with E-state index in [1.165, 1.54) is 29.2 Å². The Morgan fingerprint density at radius 3 is 2.57 bits per heavy atom. The lowest BCUT2D eigenvalue weighted by Gasteiger charge is -2.20. The Kier molecular flexibility index (Phi) is 6.21. The van der Waals surface area contributed by atoms with E-state index in [-0.39, 0.29) is 0 Å². The molecule has 1 saturated heterocycles. The molecule has 1 aliphatic rings. The van der Waals surface area contributed by atoms with Gasteiger partial charge in [0.05, 0.1) is 0 Å². The van der Waals surface area contributed by atoms with Crippen LogP contribution in [-0.2, 0) is 0 Å². The maximum absolute atomic E-state index is 3.72. The van der Waals surface area contributed by atoms with Gasteiger partial charge >= 0.3 is 0 Å². The molecule has 1 aliphatic heterocycles. The van der Waals surface area contributed by atoms with Crippen molar-refractivity contribution in [1.29, 1.82) is 0 Å². The molecular formula is C19H28N2. The Hall–Kier alpha value is -1.38. The van der Waals surface area contributed by atoms with Gasteiger partial charge in [0.15, 0.2) is 0 Å². The van der Waals surface area contributed by atoms with E-state index in [4.69, 9.17) is 0 Å². The standard InChI is InChI=1S/C16H20N2.C3H8/c1-12(18-14-9-10-17-11-14)15-8-4-6-13-5-2-3-7-16(13)15;1-3-2/h2-8,12,14,17-18H,9-11H2,1H3;3H2,1-2H3. The predicted molar refractivity (Wildman–Crippen MR) is 92.7 cm³/mol. The monoisotopic (exact) mass is 284 g/mol. The van der Waals surface area contributed by atoms with Crippen LogP contribution in [0.4, 0.5) is 0 Å². The smallest absolute Gasteiger partial charge is 0.0301 e. The van der Waals surface area contributed by atoms with Crippen molar-refractivity contribution in [2.45, 2.75) is 45.7 Å². The van der Waals surface area contributed by atoms with Crippen molar-refractivity contribution in [3.8, 4) is 0 Å². The average molecular weight is 284 g/mol. The van der Waals surface area contributed by atoms with Gasteiger partial charge in [0.1, 0.15) is 0 Å². The topological polar surface area (TPSA) is 24.1 Å². The lowest BCUT2D eigenvalue weighted by molar-refractivity contribution is 0.480. The van der Waals surface area contributed by atoms with Gasteiger partial charge in [0.25, 0.3) is 0 Å². The molecule has 2 N–H and O–H groups in total. The summed E-state index contributed by atoms with van der Waals surface area (Å²) in [4.78, 5) is 0. The molecule has 0 spiro atoms. The third-order valence-corrected chi connectivity index (χ3v) is 3.84. The molecule has 2 atom stereocenters. The van der Waals surface area contributed by atoms with Crippen LogP contribution in [-0.4, -0.2) is 19.1 Å². The zero-order valence-corrected chi connectivity index (χ0v) is 13.5. The van der Waals surface area contributed by atoms with Gasteiger partial charge in [-0.1, -0.05) is 62.7 Å². The summed E-state index contributed by atoms with van der Waals surface area (Å²) in [5.74, 6) is 0. The van der Waals surface area contributed by atoms with Crippen molar-refractivity contribution in [2.24, 2.45) is 0 Å². The second kappa shape index (κ2) is 8.16. The molecule has 2 unspecified atom stereocenters. The molecule has 1 fully saturated rings. The molecule has 2 aromatic rings. The molecule has 2 nitrogen and oxygen atoms in total. The van der Waals surface area contributed by atoms with E-state index in [0.717, 1.165) is 13.1 Å². The van der Waals surface area contributed by atoms with E-state index < -0.39 is 0 Å². The SMILES string of the molecule is CC(NC1CCNC1)c1cccc2ccccc12.CCC. The first-order valence-corrected chi connectivity index (χ1v) is 8.20. The molecule has 0 aliphatic carbocycles. The first-order valence-electron chi connectivity index (χ1n) is 8.20. The van der Waals surface area contributed by atoms with Crippen LogP contribution in [0, 0.1) is 0 Å². The lowest BCUT2D eigenvalue weighted by Crippen LogP contribution is -2.33. The number of nitrogens with one attached hydrogen (secondary N) is 2. The van der Waals surface area contributed by atoms with Gasteiger partial charge in [-0.05, 0) is 36.2 Å². The minimum atomic E-state index is 0.404. The molecule has 114 valence electrons. The Morgan fingerprint density at radius 1 is 1.14 bits per heavy atom. The van der Waals surface area contributed by atoms with Crippen molar-refractivity contribution >= 4 is 10.8 Å². The van der Waals surface area contributed by atoms with Crippen molar-refractivity contribution in [1.82, 2.24) is 10.6 Å². The highest BCUT2D eigenvalue weighted by atomic mass is 15.0. The summed E-state index contributed by atoms with van der Waals surface area (Å²) in [6, 6.07) is 16.2. The van der Waals surface area contributed by atoms with Crippen molar-refractivity contribution in [3.63, 3.8) is 0 Å². The number of fused-ring (bicyclic) bond motifs is 1. The number of hydrogen-bond acceptors (Lipinski definition) is 2. The van der Waals surface area contributed by atoms with Crippen LogP contribution in [0.1, 0.15) is 45.2 Å². The van der Waals surface area contributed by atoms with Crippen LogP contribution < -0.4 is 10.6 Å². The summed E-state index contributed by atoms with van der Waals surface area (Å²) in [7, 11) is 0. The molecular weight excluding hydrogens is 256 g/mol. The molecule has 3 rings (SSSR count). The second-order valence-corrected chi connectivity index (χ2v) is 5.85. The van der Waals surface area contributed by atoms with Gasteiger partial charge in [-0.3, -0.25) is 0 Å². The van der Waals surface area contributed by atoms with Crippen LogP contribution in [0.3, 0.4) is 0 Å². The quantitative estimate of drug-likeness (QED) is 0.879. The second-order valence-electron chi connectivity index (χ2n) is 5.85. The van der Waals surface area contributed by atoms with E-state index >= 15 is 0 Å².